The van der Waals surface area contributed by atoms with Crippen LogP contribution < -0.4 is 5.54 Å². The summed E-state index contributed by atoms with van der Waals surface area (Å²) in [6.07, 6.45) is 3.99. The topological polar surface area (TPSA) is 118 Å². The molecule has 10 nitrogen and oxygen atoms in total. The van der Waals surface area contributed by atoms with Crippen LogP contribution in [0.1, 0.15) is 51.2 Å². The third-order valence-electron chi connectivity index (χ3n) is 6.22. The molecule has 0 bridgehead atoms. The molecular weight excluding hydrogens is 493 g/mol. The minimum atomic E-state index is -1.32. The molecule has 4 rings (SSSR count). The fourth-order valence-electron chi connectivity index (χ4n) is 4.48. The zero-order chi connectivity index (χ0) is 26.7. The summed E-state index contributed by atoms with van der Waals surface area (Å²) in [6, 6.07) is 7.06. The van der Waals surface area contributed by atoms with Gasteiger partial charge in [0.2, 0.25) is 5.95 Å². The van der Waals surface area contributed by atoms with E-state index in [1.807, 2.05) is 0 Å². The second-order valence-electron chi connectivity index (χ2n) is 8.43. The number of hydrogen-bond donors (Lipinski definition) is 1. The van der Waals surface area contributed by atoms with E-state index in [2.05, 4.69) is 15.1 Å². The molecule has 0 fully saturated rings. The smallest absolute Gasteiger partial charge is 0.337 e. The van der Waals surface area contributed by atoms with Gasteiger partial charge >= 0.3 is 5.97 Å². The number of nitrogens with zero attached hydrogens (tertiary/aromatic N) is 5. The van der Waals surface area contributed by atoms with Crippen molar-refractivity contribution in [2.24, 2.45) is 4.99 Å². The average Bonchev–Trinajstić information content (AvgIpc) is 3.42. The number of aromatic nitrogens is 3. The molecule has 0 radical (unpaired) electrons. The molecule has 0 spiro atoms. The van der Waals surface area contributed by atoms with Gasteiger partial charge < -0.3 is 4.84 Å². The first kappa shape index (κ1) is 25.5. The minimum Gasteiger partial charge on any atom is -0.337 e. The normalized spacial score (nSPS) is 19.2. The highest BCUT2D eigenvalue weighted by atomic mass is 19.2. The molecule has 1 aliphatic rings. The number of benzene rings is 1. The molecule has 1 aromatic carbocycles. The number of hydroxylamine groups is 2. The zero-order valence-electron chi connectivity index (χ0n) is 19.7. The summed E-state index contributed by atoms with van der Waals surface area (Å²) in [4.78, 5) is 50.3. The Hall–Kier alpha value is -4.55. The Kier molecular flexibility index (Phi) is 7.05. The number of carbonyl (C=O) groups is 3. The van der Waals surface area contributed by atoms with E-state index >= 15 is 0 Å². The summed E-state index contributed by atoms with van der Waals surface area (Å²) in [5.74, 6) is -3.54. The molecular formula is C24H21F3N6O4. The Labute approximate surface area is 208 Å². The molecule has 2 aromatic heterocycles. The van der Waals surface area contributed by atoms with Gasteiger partial charge in [0, 0.05) is 36.7 Å². The van der Waals surface area contributed by atoms with Crippen LogP contribution in [0.15, 0.2) is 53.3 Å². The number of amides is 1. The molecule has 1 N–H and O–H groups in total. The van der Waals surface area contributed by atoms with Gasteiger partial charge in [-0.15, -0.1) is 9.58 Å². The number of carbonyl (C=O) groups excluding carboxylic acids is 3. The number of nitrogens with one attached hydrogen (secondary N) is 1. The van der Waals surface area contributed by atoms with Crippen molar-refractivity contribution < 1.29 is 32.5 Å². The van der Waals surface area contributed by atoms with Crippen molar-refractivity contribution in [3.05, 3.63) is 76.6 Å². The highest BCUT2D eigenvalue weighted by molar-refractivity contribution is 6.01. The molecule has 0 aliphatic heterocycles. The highest BCUT2D eigenvalue weighted by Gasteiger charge is 2.49. The van der Waals surface area contributed by atoms with Crippen LogP contribution in [0.25, 0.3) is 5.65 Å². The Balaban J connectivity index is 1.72. The minimum absolute atomic E-state index is 0.0267. The molecule has 0 saturated heterocycles. The molecule has 0 saturated carbocycles. The second kappa shape index (κ2) is 10.2. The van der Waals surface area contributed by atoms with Crippen LogP contribution in [0.5, 0.6) is 0 Å². The van der Waals surface area contributed by atoms with Crippen molar-refractivity contribution >= 4 is 30.0 Å². The first-order valence-corrected chi connectivity index (χ1v) is 11.0. The monoisotopic (exact) mass is 514 g/mol. The van der Waals surface area contributed by atoms with Crippen molar-refractivity contribution in [1.29, 1.82) is 0 Å². The molecule has 1 unspecified atom stereocenters. The van der Waals surface area contributed by atoms with Crippen LogP contribution in [-0.2, 0) is 15.0 Å². The number of aliphatic imine (C=N–C) groups is 1. The number of rotatable bonds is 7. The van der Waals surface area contributed by atoms with Gasteiger partial charge in [0.05, 0.1) is 28.3 Å². The van der Waals surface area contributed by atoms with Crippen LogP contribution in [0.2, 0.25) is 0 Å². The maximum absolute atomic E-state index is 14.0. The molecule has 37 heavy (non-hydrogen) atoms. The van der Waals surface area contributed by atoms with Gasteiger partial charge in [0.15, 0.2) is 18.7 Å². The molecule has 1 aliphatic carbocycles. The predicted molar refractivity (Wildman–Crippen MR) is 124 cm³/mol. The van der Waals surface area contributed by atoms with Crippen molar-refractivity contribution in [3.63, 3.8) is 0 Å². The maximum Gasteiger partial charge on any atom is 0.340 e. The molecule has 2 atom stereocenters. The van der Waals surface area contributed by atoms with Crippen LogP contribution >= 0.6 is 0 Å². The van der Waals surface area contributed by atoms with Gasteiger partial charge in [-0.2, -0.15) is 9.45 Å². The summed E-state index contributed by atoms with van der Waals surface area (Å²) < 4.78 is 41.6. The van der Waals surface area contributed by atoms with E-state index in [-0.39, 0.29) is 40.1 Å². The summed E-state index contributed by atoms with van der Waals surface area (Å²) in [5, 5.41) is 4.49. The molecule has 1 amide bonds. The number of halogens is 3. The predicted octanol–water partition coefficient (Wildman–Crippen LogP) is 3.01. The fourth-order valence-corrected chi connectivity index (χ4v) is 4.48. The molecule has 13 heteroatoms. The quantitative estimate of drug-likeness (QED) is 0.169. The second-order valence-corrected chi connectivity index (χ2v) is 8.43. The lowest BCUT2D eigenvalue weighted by atomic mass is 9.82. The highest BCUT2D eigenvalue weighted by Crippen LogP contribution is 2.49. The van der Waals surface area contributed by atoms with E-state index < -0.39 is 36.0 Å². The number of allylic oxidation sites excluding steroid dienone is 2. The van der Waals surface area contributed by atoms with Crippen molar-refractivity contribution in [2.45, 2.75) is 24.7 Å². The number of alkyl halides is 1. The molecule has 2 heterocycles. The molecule has 192 valence electrons. The number of aldehydes is 1. The summed E-state index contributed by atoms with van der Waals surface area (Å²) >= 11 is 0. The van der Waals surface area contributed by atoms with Gasteiger partial charge in [-0.25, -0.2) is 24.2 Å². The summed E-state index contributed by atoms with van der Waals surface area (Å²) in [7, 11) is 1.21. The number of hydrogen-bond acceptors (Lipinski definition) is 8. The van der Waals surface area contributed by atoms with Gasteiger partial charge in [-0.05, 0) is 25.5 Å². The van der Waals surface area contributed by atoms with Gasteiger partial charge in [-0.1, -0.05) is 18.2 Å². The fraction of sp³-hybridized carbons (Fsp3) is 0.250. The third-order valence-corrected chi connectivity index (χ3v) is 6.22. The Morgan fingerprint density at radius 2 is 2.14 bits per heavy atom. The van der Waals surface area contributed by atoms with Crippen LogP contribution in [0.4, 0.5) is 13.3 Å². The van der Waals surface area contributed by atoms with E-state index in [0.717, 1.165) is 16.8 Å². The third kappa shape index (κ3) is 4.55. The van der Waals surface area contributed by atoms with Crippen molar-refractivity contribution in [3.8, 4) is 0 Å². The van der Waals surface area contributed by atoms with E-state index in [0.29, 0.717) is 11.3 Å². The Morgan fingerprint density at radius 3 is 2.84 bits per heavy atom. The van der Waals surface area contributed by atoms with Crippen LogP contribution in [0, 0.1) is 5.95 Å². The van der Waals surface area contributed by atoms with E-state index in [4.69, 9.17) is 4.84 Å². The first-order chi connectivity index (χ1) is 17.7. The van der Waals surface area contributed by atoms with Gasteiger partial charge in [-0.3, -0.25) is 14.6 Å². The number of fused-ring (bicyclic) bond motifs is 3. The Bertz CT molecular complexity index is 1440. The molecule has 3 aromatic rings. The lowest BCUT2D eigenvalue weighted by Crippen LogP contribution is -2.33. The standard InChI is InChI=1S/C24H21F3N6O4/c1-24(18(30-27)7-8-28-13-25)10-16(17-11-29-20-9-19(26)31-33(20)21(17)24)23(36)37-32(2)22(35)15-6-4-3-5-14(15)12-34/h3-9,11-12,16,30H,10,13H2,1-2H3/b18-7-,28-8+/t16?,24-/m1/s1. The lowest BCUT2D eigenvalue weighted by molar-refractivity contribution is -0.175. The van der Waals surface area contributed by atoms with Crippen LogP contribution in [-0.4, -0.2) is 57.9 Å². The average molecular weight is 514 g/mol. The van der Waals surface area contributed by atoms with Crippen molar-refractivity contribution in [1.82, 2.24) is 25.2 Å². The van der Waals surface area contributed by atoms with Gasteiger partial charge in [0.25, 0.3) is 5.91 Å². The van der Waals surface area contributed by atoms with E-state index in [1.54, 1.807) is 24.6 Å². The first-order valence-electron chi connectivity index (χ1n) is 11.0. The SMILES string of the molecule is CN(OC(=O)C1C[C@](C)(/C(=C/C=N/CF)NF)c2c1cnc1cc(F)nn21)C(=O)c1ccccc1C=O. The lowest BCUT2D eigenvalue weighted by Gasteiger charge is -2.27. The Morgan fingerprint density at radius 1 is 1.38 bits per heavy atom. The zero-order valence-corrected chi connectivity index (χ0v) is 19.7. The van der Waals surface area contributed by atoms with E-state index in [9.17, 15) is 27.6 Å². The summed E-state index contributed by atoms with van der Waals surface area (Å²) in [5.41, 5.74) is 0.894. The van der Waals surface area contributed by atoms with Crippen molar-refractivity contribution in [2.75, 3.05) is 13.8 Å². The largest absolute Gasteiger partial charge is 0.340 e. The van der Waals surface area contributed by atoms with Crippen LogP contribution in [0.3, 0.4) is 0 Å². The van der Waals surface area contributed by atoms with E-state index in [1.165, 1.54) is 31.5 Å². The maximum atomic E-state index is 14.0. The summed E-state index contributed by atoms with van der Waals surface area (Å²) in [6.45, 7) is 0.555. The van der Waals surface area contributed by atoms with Gasteiger partial charge in [0.1, 0.15) is 0 Å².